The highest BCUT2D eigenvalue weighted by Crippen LogP contribution is 2.16. The molecule has 1 rings (SSSR count). The van der Waals surface area contributed by atoms with Crippen LogP contribution in [0, 0.1) is 0 Å². The Labute approximate surface area is 97.6 Å². The van der Waals surface area contributed by atoms with Crippen LogP contribution in [-0.4, -0.2) is 19.8 Å². The van der Waals surface area contributed by atoms with Crippen molar-refractivity contribution in [3.63, 3.8) is 0 Å². The van der Waals surface area contributed by atoms with Crippen LogP contribution in [0.3, 0.4) is 0 Å². The summed E-state index contributed by atoms with van der Waals surface area (Å²) < 4.78 is 10.9. The van der Waals surface area contributed by atoms with Crippen LogP contribution in [0.15, 0.2) is 24.3 Å². The zero-order valence-electron chi connectivity index (χ0n) is 10.1. The minimum Gasteiger partial charge on any atom is -0.489 e. The first kappa shape index (κ1) is 13.0. The number of ether oxygens (including phenoxy) is 2. The topological polar surface area (TPSA) is 44.5 Å². The minimum absolute atomic E-state index is 0.114. The van der Waals surface area contributed by atoms with Crippen LogP contribution in [-0.2, 0) is 11.3 Å². The summed E-state index contributed by atoms with van der Waals surface area (Å²) >= 11 is 0. The third kappa shape index (κ3) is 4.21. The van der Waals surface area contributed by atoms with Gasteiger partial charge in [0, 0.05) is 13.7 Å². The fourth-order valence-electron chi connectivity index (χ4n) is 1.61. The van der Waals surface area contributed by atoms with Crippen LogP contribution in [0.4, 0.5) is 0 Å². The Balaban J connectivity index is 2.60. The van der Waals surface area contributed by atoms with Crippen LogP contribution in [0.25, 0.3) is 0 Å². The monoisotopic (exact) mass is 223 g/mol. The summed E-state index contributed by atoms with van der Waals surface area (Å²) in [4.78, 5) is 0. The molecule has 0 spiro atoms. The average molecular weight is 223 g/mol. The van der Waals surface area contributed by atoms with Gasteiger partial charge in [0.25, 0.3) is 0 Å². The summed E-state index contributed by atoms with van der Waals surface area (Å²) in [6.45, 7) is 3.30. The maximum absolute atomic E-state index is 5.81. The average Bonchev–Trinajstić information content (AvgIpc) is 2.29. The van der Waals surface area contributed by atoms with E-state index in [1.165, 1.54) is 0 Å². The zero-order chi connectivity index (χ0) is 11.8. The van der Waals surface area contributed by atoms with E-state index in [1.54, 1.807) is 7.11 Å². The second-order valence-corrected chi connectivity index (χ2v) is 3.84. The molecule has 0 bridgehead atoms. The molecule has 0 saturated heterocycles. The SMILES string of the molecule is CCCC(CN)Oc1cccc(COC)c1. The Hall–Kier alpha value is -1.06. The van der Waals surface area contributed by atoms with Gasteiger partial charge in [0.05, 0.1) is 6.61 Å². The van der Waals surface area contributed by atoms with Crippen LogP contribution in [0.5, 0.6) is 5.75 Å². The lowest BCUT2D eigenvalue weighted by atomic mass is 10.2. The van der Waals surface area contributed by atoms with Crippen molar-refractivity contribution in [3.8, 4) is 5.75 Å². The first-order valence-electron chi connectivity index (χ1n) is 5.74. The molecule has 0 aromatic heterocycles. The minimum atomic E-state index is 0.114. The van der Waals surface area contributed by atoms with Crippen molar-refractivity contribution >= 4 is 0 Å². The number of hydrogen-bond donors (Lipinski definition) is 1. The Kier molecular flexibility index (Phi) is 5.90. The lowest BCUT2D eigenvalue weighted by Gasteiger charge is -2.17. The van der Waals surface area contributed by atoms with E-state index in [4.69, 9.17) is 15.2 Å². The molecule has 3 nitrogen and oxygen atoms in total. The molecule has 90 valence electrons. The number of nitrogens with two attached hydrogens (primary N) is 1. The highest BCUT2D eigenvalue weighted by molar-refractivity contribution is 5.28. The second kappa shape index (κ2) is 7.25. The van der Waals surface area contributed by atoms with Gasteiger partial charge in [-0.3, -0.25) is 0 Å². The summed E-state index contributed by atoms with van der Waals surface area (Å²) in [6.07, 6.45) is 2.19. The summed E-state index contributed by atoms with van der Waals surface area (Å²) in [5, 5.41) is 0. The maximum Gasteiger partial charge on any atom is 0.120 e. The van der Waals surface area contributed by atoms with Crippen molar-refractivity contribution in [2.24, 2.45) is 5.73 Å². The first-order chi connectivity index (χ1) is 7.80. The molecule has 0 aliphatic rings. The normalized spacial score (nSPS) is 12.4. The highest BCUT2D eigenvalue weighted by atomic mass is 16.5. The molecular weight excluding hydrogens is 202 g/mol. The van der Waals surface area contributed by atoms with Crippen molar-refractivity contribution in [1.82, 2.24) is 0 Å². The van der Waals surface area contributed by atoms with Crippen molar-refractivity contribution in [1.29, 1.82) is 0 Å². The molecule has 0 fully saturated rings. The van der Waals surface area contributed by atoms with E-state index in [-0.39, 0.29) is 6.10 Å². The number of hydrogen-bond acceptors (Lipinski definition) is 3. The standard InChI is InChI=1S/C13H21NO2/c1-3-5-13(9-14)16-12-7-4-6-11(8-12)10-15-2/h4,6-8,13H,3,5,9-10,14H2,1-2H3. The molecule has 2 N–H and O–H groups in total. The third-order valence-electron chi connectivity index (χ3n) is 2.39. The van der Waals surface area contributed by atoms with Gasteiger partial charge in [-0.05, 0) is 24.1 Å². The molecule has 1 unspecified atom stereocenters. The molecule has 0 aliphatic carbocycles. The van der Waals surface area contributed by atoms with Gasteiger partial charge in [-0.1, -0.05) is 25.5 Å². The van der Waals surface area contributed by atoms with Gasteiger partial charge in [0.2, 0.25) is 0 Å². The zero-order valence-corrected chi connectivity index (χ0v) is 10.1. The molecule has 1 aromatic rings. The number of benzene rings is 1. The van der Waals surface area contributed by atoms with Crippen LogP contribution >= 0.6 is 0 Å². The Morgan fingerprint density at radius 1 is 1.38 bits per heavy atom. The number of rotatable bonds is 7. The Morgan fingerprint density at radius 2 is 2.19 bits per heavy atom. The number of methoxy groups -OCH3 is 1. The summed E-state index contributed by atoms with van der Waals surface area (Å²) in [6, 6.07) is 7.95. The lowest BCUT2D eigenvalue weighted by Crippen LogP contribution is -2.26. The van der Waals surface area contributed by atoms with Crippen molar-refractivity contribution in [2.75, 3.05) is 13.7 Å². The van der Waals surface area contributed by atoms with Crippen LogP contribution in [0.1, 0.15) is 25.3 Å². The quantitative estimate of drug-likeness (QED) is 0.771. The predicted octanol–water partition coefficient (Wildman–Crippen LogP) is 2.34. The largest absolute Gasteiger partial charge is 0.489 e. The van der Waals surface area contributed by atoms with Gasteiger partial charge >= 0.3 is 0 Å². The lowest BCUT2D eigenvalue weighted by molar-refractivity contribution is 0.181. The van der Waals surface area contributed by atoms with Gasteiger partial charge in [-0.2, -0.15) is 0 Å². The fourth-order valence-corrected chi connectivity index (χ4v) is 1.61. The van der Waals surface area contributed by atoms with Crippen molar-refractivity contribution in [2.45, 2.75) is 32.5 Å². The van der Waals surface area contributed by atoms with Crippen molar-refractivity contribution < 1.29 is 9.47 Å². The van der Waals surface area contributed by atoms with Gasteiger partial charge in [-0.15, -0.1) is 0 Å². The molecule has 0 radical (unpaired) electrons. The molecule has 16 heavy (non-hydrogen) atoms. The maximum atomic E-state index is 5.81. The van der Waals surface area contributed by atoms with E-state index in [0.29, 0.717) is 13.2 Å². The molecule has 1 atom stereocenters. The van der Waals surface area contributed by atoms with Gasteiger partial charge in [-0.25, -0.2) is 0 Å². The molecule has 0 amide bonds. The molecule has 0 saturated carbocycles. The van der Waals surface area contributed by atoms with Gasteiger partial charge in [0.1, 0.15) is 11.9 Å². The van der Waals surface area contributed by atoms with E-state index in [2.05, 4.69) is 6.92 Å². The summed E-state index contributed by atoms with van der Waals surface area (Å²) in [5.74, 6) is 0.874. The molecular formula is C13H21NO2. The van der Waals surface area contributed by atoms with Gasteiger partial charge in [0.15, 0.2) is 0 Å². The first-order valence-corrected chi connectivity index (χ1v) is 5.74. The summed E-state index contributed by atoms with van der Waals surface area (Å²) in [7, 11) is 1.69. The second-order valence-electron chi connectivity index (χ2n) is 3.84. The third-order valence-corrected chi connectivity index (χ3v) is 2.39. The van der Waals surface area contributed by atoms with Crippen LogP contribution < -0.4 is 10.5 Å². The molecule has 0 heterocycles. The molecule has 3 heteroatoms. The molecule has 1 aromatic carbocycles. The Morgan fingerprint density at radius 3 is 2.81 bits per heavy atom. The Bertz CT molecular complexity index is 302. The summed E-state index contributed by atoms with van der Waals surface area (Å²) in [5.41, 5.74) is 6.77. The van der Waals surface area contributed by atoms with Crippen LogP contribution in [0.2, 0.25) is 0 Å². The van der Waals surface area contributed by atoms with E-state index in [9.17, 15) is 0 Å². The fraction of sp³-hybridized carbons (Fsp3) is 0.538. The molecule has 0 aliphatic heterocycles. The predicted molar refractivity (Wildman–Crippen MR) is 65.5 cm³/mol. The van der Waals surface area contributed by atoms with E-state index < -0.39 is 0 Å². The van der Waals surface area contributed by atoms with E-state index in [1.807, 2.05) is 24.3 Å². The van der Waals surface area contributed by atoms with E-state index in [0.717, 1.165) is 24.2 Å². The van der Waals surface area contributed by atoms with E-state index >= 15 is 0 Å². The van der Waals surface area contributed by atoms with Gasteiger partial charge < -0.3 is 15.2 Å². The smallest absolute Gasteiger partial charge is 0.120 e. The highest BCUT2D eigenvalue weighted by Gasteiger charge is 2.07. The van der Waals surface area contributed by atoms with Crippen molar-refractivity contribution in [3.05, 3.63) is 29.8 Å².